The van der Waals surface area contributed by atoms with E-state index in [0.29, 0.717) is 18.9 Å². The van der Waals surface area contributed by atoms with E-state index in [4.69, 9.17) is 0 Å². The number of fused-ring (bicyclic) bond motifs is 6. The fourth-order valence-electron chi connectivity index (χ4n) is 3.57. The smallest absolute Gasteiger partial charge is 0.370 e. The normalized spacial score (nSPS) is 16.6. The van der Waals surface area contributed by atoms with E-state index in [9.17, 15) is 21.6 Å². The van der Waals surface area contributed by atoms with Crippen LogP contribution in [0.1, 0.15) is 31.2 Å². The first-order valence-corrected chi connectivity index (χ1v) is 12.2. The van der Waals surface area contributed by atoms with Crippen molar-refractivity contribution in [3.8, 4) is 11.3 Å². The van der Waals surface area contributed by atoms with Crippen molar-refractivity contribution < 1.29 is 21.6 Å². The third kappa shape index (κ3) is 5.56. The van der Waals surface area contributed by atoms with Crippen LogP contribution in [0.3, 0.4) is 0 Å². The van der Waals surface area contributed by atoms with Gasteiger partial charge in [-0.2, -0.15) is 21.6 Å². The highest BCUT2D eigenvalue weighted by Crippen LogP contribution is 2.39. The molecular weight excluding hydrogens is 469 g/mol. The first-order valence-electron chi connectivity index (χ1n) is 10.8. The molecule has 3 aromatic heterocycles. The zero-order chi connectivity index (χ0) is 24.2. The number of alkyl halides is 3. The maximum atomic E-state index is 13.8. The number of aromatic nitrogens is 3. The Kier molecular flexibility index (Phi) is 6.87. The number of nitrogens with zero attached hydrogens (tertiary/aromatic N) is 3. The lowest BCUT2D eigenvalue weighted by molar-refractivity contribution is -0.137. The Labute approximate surface area is 195 Å². The number of hydrogen-bond acceptors (Lipinski definition) is 7. The Morgan fingerprint density at radius 2 is 1.59 bits per heavy atom. The molecule has 3 N–H and O–H groups in total. The standard InChI is InChI=1S/C22H23F3N6O2S/c23-22(24,25)16-10-11-18-30-20(16)15-7-6-14-28-21(15)27-13-4-2-1-3-12-26-17-8-5-9-19(29-17)34(32,33)31-18/h5-11,14H,1-4,12-13H2,(H,26,29)(H,27,28)(H,30,31). The Bertz CT molecular complexity index is 1270. The number of pyridine rings is 3. The van der Waals surface area contributed by atoms with E-state index in [1.807, 2.05) is 0 Å². The van der Waals surface area contributed by atoms with Gasteiger partial charge in [-0.15, -0.1) is 0 Å². The van der Waals surface area contributed by atoms with Crippen molar-refractivity contribution in [3.63, 3.8) is 0 Å². The minimum absolute atomic E-state index is 0.126. The molecule has 180 valence electrons. The van der Waals surface area contributed by atoms with Crippen molar-refractivity contribution >= 4 is 27.5 Å². The molecule has 0 saturated carbocycles. The molecule has 1 aliphatic rings. The van der Waals surface area contributed by atoms with Gasteiger partial charge >= 0.3 is 6.18 Å². The highest BCUT2D eigenvalue weighted by Gasteiger charge is 2.35. The molecule has 0 radical (unpaired) electrons. The number of halogens is 3. The molecule has 0 unspecified atom stereocenters. The molecule has 1 aliphatic heterocycles. The highest BCUT2D eigenvalue weighted by atomic mass is 32.2. The van der Waals surface area contributed by atoms with E-state index >= 15 is 0 Å². The van der Waals surface area contributed by atoms with Gasteiger partial charge in [-0.25, -0.2) is 15.0 Å². The molecule has 0 saturated heterocycles. The molecule has 0 spiro atoms. The number of hydrogen-bond donors (Lipinski definition) is 3. The molecular formula is C22H23F3N6O2S. The monoisotopic (exact) mass is 492 g/mol. The first kappa shape index (κ1) is 23.7. The summed E-state index contributed by atoms with van der Waals surface area (Å²) < 4.78 is 69.5. The van der Waals surface area contributed by atoms with E-state index in [1.54, 1.807) is 12.1 Å². The summed E-state index contributed by atoms with van der Waals surface area (Å²) in [5.74, 6) is 0.378. The van der Waals surface area contributed by atoms with Gasteiger partial charge in [0.05, 0.1) is 11.3 Å². The van der Waals surface area contributed by atoms with Crippen molar-refractivity contribution in [1.29, 1.82) is 0 Å². The van der Waals surface area contributed by atoms with E-state index in [0.717, 1.165) is 37.8 Å². The molecule has 8 nitrogen and oxygen atoms in total. The predicted octanol–water partition coefficient (Wildman–Crippen LogP) is 4.76. The van der Waals surface area contributed by atoms with Gasteiger partial charge in [0.25, 0.3) is 10.0 Å². The second-order valence-corrected chi connectivity index (χ2v) is 9.35. The maximum Gasteiger partial charge on any atom is 0.418 e. The van der Waals surface area contributed by atoms with E-state index in [1.165, 1.54) is 24.4 Å². The largest absolute Gasteiger partial charge is 0.418 e. The van der Waals surface area contributed by atoms with E-state index in [2.05, 4.69) is 30.3 Å². The van der Waals surface area contributed by atoms with Crippen molar-refractivity contribution in [1.82, 2.24) is 15.0 Å². The van der Waals surface area contributed by atoms with Crippen LogP contribution in [0, 0.1) is 0 Å². The molecule has 4 heterocycles. The van der Waals surface area contributed by atoms with Crippen LogP contribution in [0.15, 0.2) is 53.7 Å². The maximum absolute atomic E-state index is 13.8. The van der Waals surface area contributed by atoms with Gasteiger partial charge in [-0.1, -0.05) is 18.9 Å². The van der Waals surface area contributed by atoms with Crippen LogP contribution < -0.4 is 15.4 Å². The van der Waals surface area contributed by atoms with Crippen molar-refractivity contribution in [3.05, 3.63) is 54.2 Å². The van der Waals surface area contributed by atoms with Gasteiger partial charge in [0.15, 0.2) is 5.03 Å². The first-order chi connectivity index (χ1) is 16.2. The summed E-state index contributed by atoms with van der Waals surface area (Å²) in [6.45, 7) is 1.15. The topological polar surface area (TPSA) is 109 Å². The van der Waals surface area contributed by atoms with Gasteiger partial charge in [0.1, 0.15) is 17.5 Å². The molecule has 4 bridgehead atoms. The van der Waals surface area contributed by atoms with E-state index < -0.39 is 27.5 Å². The van der Waals surface area contributed by atoms with Crippen LogP contribution in [0.25, 0.3) is 11.3 Å². The van der Waals surface area contributed by atoms with E-state index in [-0.39, 0.29) is 22.2 Å². The lowest BCUT2D eigenvalue weighted by atomic mass is 10.1. The summed E-state index contributed by atoms with van der Waals surface area (Å²) in [5, 5.41) is 5.92. The van der Waals surface area contributed by atoms with Gasteiger partial charge in [0.2, 0.25) is 0 Å². The molecule has 0 aromatic carbocycles. The zero-order valence-corrected chi connectivity index (χ0v) is 18.9. The summed E-state index contributed by atoms with van der Waals surface area (Å²) in [5.41, 5.74) is -1.29. The summed E-state index contributed by atoms with van der Waals surface area (Å²) in [6, 6.07) is 9.27. The fraction of sp³-hybridized carbons (Fsp3) is 0.318. The molecule has 0 atom stereocenters. The highest BCUT2D eigenvalue weighted by molar-refractivity contribution is 7.92. The van der Waals surface area contributed by atoms with Crippen LogP contribution in [-0.4, -0.2) is 36.5 Å². The number of nitrogens with one attached hydrogen (secondary N) is 3. The molecule has 3 aromatic rings. The number of sulfonamides is 1. The lowest BCUT2D eigenvalue weighted by Crippen LogP contribution is -2.18. The zero-order valence-electron chi connectivity index (χ0n) is 18.1. The Hall–Kier alpha value is -3.41. The quantitative estimate of drug-likeness (QED) is 0.415. The van der Waals surface area contributed by atoms with Crippen molar-refractivity contribution in [2.45, 2.75) is 36.9 Å². The summed E-state index contributed by atoms with van der Waals surface area (Å²) in [4.78, 5) is 12.4. The second kappa shape index (κ2) is 9.84. The van der Waals surface area contributed by atoms with Gasteiger partial charge < -0.3 is 10.6 Å². The fourth-order valence-corrected chi connectivity index (χ4v) is 4.54. The summed E-state index contributed by atoms with van der Waals surface area (Å²) in [6.07, 6.45) is 0.265. The lowest BCUT2D eigenvalue weighted by Gasteiger charge is -2.17. The molecule has 0 amide bonds. The Balaban J connectivity index is 1.81. The third-order valence-corrected chi connectivity index (χ3v) is 6.46. The minimum atomic E-state index is -4.70. The molecule has 34 heavy (non-hydrogen) atoms. The van der Waals surface area contributed by atoms with Crippen molar-refractivity contribution in [2.75, 3.05) is 28.4 Å². The van der Waals surface area contributed by atoms with Crippen LogP contribution in [0.5, 0.6) is 0 Å². The average Bonchev–Trinajstić information content (AvgIpc) is 2.80. The Morgan fingerprint density at radius 3 is 2.35 bits per heavy atom. The summed E-state index contributed by atoms with van der Waals surface area (Å²) >= 11 is 0. The van der Waals surface area contributed by atoms with Crippen LogP contribution >= 0.6 is 0 Å². The van der Waals surface area contributed by atoms with Gasteiger partial charge in [0, 0.05) is 24.8 Å². The number of anilines is 3. The van der Waals surface area contributed by atoms with Gasteiger partial charge in [-0.05, 0) is 49.2 Å². The SMILES string of the molecule is O=S1(=O)Nc2ccc(C(F)(F)F)c(n2)-c2cccnc2NCCCCCCNc2cccc1n2. The molecule has 12 heteroatoms. The average molecular weight is 493 g/mol. The van der Waals surface area contributed by atoms with Crippen LogP contribution in [0.2, 0.25) is 0 Å². The second-order valence-electron chi connectivity index (χ2n) is 7.72. The molecule has 0 fully saturated rings. The minimum Gasteiger partial charge on any atom is -0.370 e. The molecule has 0 aliphatic carbocycles. The predicted molar refractivity (Wildman–Crippen MR) is 123 cm³/mol. The van der Waals surface area contributed by atoms with Crippen molar-refractivity contribution in [2.24, 2.45) is 0 Å². The van der Waals surface area contributed by atoms with Crippen LogP contribution in [0.4, 0.5) is 30.6 Å². The van der Waals surface area contributed by atoms with Gasteiger partial charge in [-0.3, -0.25) is 4.72 Å². The van der Waals surface area contributed by atoms with Crippen LogP contribution in [-0.2, 0) is 16.2 Å². The Morgan fingerprint density at radius 1 is 0.824 bits per heavy atom. The number of rotatable bonds is 0. The molecule has 4 rings (SSSR count). The third-order valence-electron chi connectivity index (χ3n) is 5.20. The summed E-state index contributed by atoms with van der Waals surface area (Å²) in [7, 11) is -4.20.